The van der Waals surface area contributed by atoms with E-state index in [4.69, 9.17) is 4.74 Å². The normalized spacial score (nSPS) is 12.9. The van der Waals surface area contributed by atoms with Gasteiger partial charge in [0.25, 0.3) is 0 Å². The van der Waals surface area contributed by atoms with E-state index in [1.807, 2.05) is 18.8 Å². The summed E-state index contributed by atoms with van der Waals surface area (Å²) < 4.78 is 7.12. The lowest BCUT2D eigenvalue weighted by Crippen LogP contribution is -2.22. The maximum Gasteiger partial charge on any atom is 0.161 e. The number of hydrogen-bond acceptors (Lipinski definition) is 4. The molecule has 0 saturated heterocycles. The molecule has 4 nitrogen and oxygen atoms in total. The highest BCUT2D eigenvalue weighted by Gasteiger charge is 2.18. The second-order valence-electron chi connectivity index (χ2n) is 3.02. The van der Waals surface area contributed by atoms with Gasteiger partial charge >= 0.3 is 0 Å². The molecule has 0 saturated carbocycles. The fourth-order valence-electron chi connectivity index (χ4n) is 1.45. The topological polar surface area (TPSA) is 39.1 Å². The lowest BCUT2D eigenvalue weighted by Gasteiger charge is -2.16. The molecule has 0 aromatic carbocycles. The lowest BCUT2D eigenvalue weighted by molar-refractivity contribution is 0.401. The van der Waals surface area contributed by atoms with E-state index in [-0.39, 0.29) is 6.04 Å². The Morgan fingerprint density at radius 2 is 2.43 bits per heavy atom. The summed E-state index contributed by atoms with van der Waals surface area (Å²) in [7, 11) is 5.56. The number of hydrogen-bond donors (Lipinski definition) is 1. The van der Waals surface area contributed by atoms with E-state index in [1.54, 1.807) is 25.1 Å². The predicted molar refractivity (Wildman–Crippen MR) is 59.9 cm³/mol. The summed E-state index contributed by atoms with van der Waals surface area (Å²) in [4.78, 5) is 0. The molecule has 0 aliphatic rings. The highest BCUT2D eigenvalue weighted by atomic mass is 32.2. The van der Waals surface area contributed by atoms with Gasteiger partial charge in [0.05, 0.1) is 25.0 Å². The number of methoxy groups -OCH3 is 1. The van der Waals surface area contributed by atoms with E-state index in [1.165, 1.54) is 0 Å². The summed E-state index contributed by atoms with van der Waals surface area (Å²) in [6, 6.07) is 0.285. The van der Waals surface area contributed by atoms with Crippen molar-refractivity contribution in [1.82, 2.24) is 15.1 Å². The minimum atomic E-state index is 0.285. The summed E-state index contributed by atoms with van der Waals surface area (Å²) >= 11 is 1.80. The van der Waals surface area contributed by atoms with Crippen LogP contribution in [0.4, 0.5) is 0 Å². The third-order valence-electron chi connectivity index (χ3n) is 2.18. The molecule has 0 bridgehead atoms. The van der Waals surface area contributed by atoms with E-state index < -0.39 is 0 Å². The van der Waals surface area contributed by atoms with E-state index in [0.29, 0.717) is 0 Å². The highest BCUT2D eigenvalue weighted by Crippen LogP contribution is 2.25. The Morgan fingerprint density at radius 1 is 1.71 bits per heavy atom. The first-order valence-electron chi connectivity index (χ1n) is 4.46. The second kappa shape index (κ2) is 5.26. The minimum Gasteiger partial charge on any atom is -0.493 e. The maximum atomic E-state index is 5.26. The van der Waals surface area contributed by atoms with Gasteiger partial charge in [0, 0.05) is 12.8 Å². The molecule has 14 heavy (non-hydrogen) atoms. The van der Waals surface area contributed by atoms with Crippen molar-refractivity contribution >= 4 is 11.8 Å². The summed E-state index contributed by atoms with van der Waals surface area (Å²) in [6.45, 7) is 0. The molecule has 1 heterocycles. The zero-order valence-electron chi connectivity index (χ0n) is 9.07. The molecule has 1 N–H and O–H groups in total. The first kappa shape index (κ1) is 11.4. The molecule has 1 unspecified atom stereocenters. The number of aromatic nitrogens is 2. The molecule has 0 amide bonds. The molecular weight excluding hydrogens is 198 g/mol. The van der Waals surface area contributed by atoms with Crippen molar-refractivity contribution in [3.05, 3.63) is 11.9 Å². The van der Waals surface area contributed by atoms with E-state index in [2.05, 4.69) is 16.7 Å². The average molecular weight is 215 g/mol. The van der Waals surface area contributed by atoms with Crippen molar-refractivity contribution < 1.29 is 4.74 Å². The average Bonchev–Trinajstić information content (AvgIpc) is 2.56. The third kappa shape index (κ3) is 2.22. The smallest absolute Gasteiger partial charge is 0.161 e. The monoisotopic (exact) mass is 215 g/mol. The lowest BCUT2D eigenvalue weighted by atomic mass is 10.2. The molecular formula is C9H17N3OS. The van der Waals surface area contributed by atoms with Gasteiger partial charge in [0.15, 0.2) is 5.75 Å². The van der Waals surface area contributed by atoms with Crippen LogP contribution in [0.1, 0.15) is 11.7 Å². The molecule has 1 aromatic heterocycles. The molecule has 0 radical (unpaired) electrons. The van der Waals surface area contributed by atoms with Crippen molar-refractivity contribution in [2.45, 2.75) is 6.04 Å². The largest absolute Gasteiger partial charge is 0.493 e. The van der Waals surface area contributed by atoms with Crippen LogP contribution in [0.3, 0.4) is 0 Å². The molecule has 5 heteroatoms. The van der Waals surface area contributed by atoms with Gasteiger partial charge in [-0.05, 0) is 13.3 Å². The van der Waals surface area contributed by atoms with E-state index in [0.717, 1.165) is 17.2 Å². The Balaban J connectivity index is 2.94. The van der Waals surface area contributed by atoms with E-state index in [9.17, 15) is 0 Å². The van der Waals surface area contributed by atoms with Gasteiger partial charge in [-0.1, -0.05) is 0 Å². The molecule has 0 aliphatic heterocycles. The van der Waals surface area contributed by atoms with Crippen LogP contribution < -0.4 is 10.1 Å². The van der Waals surface area contributed by atoms with Crippen LogP contribution in [-0.2, 0) is 7.05 Å². The molecule has 0 fully saturated rings. The van der Waals surface area contributed by atoms with Gasteiger partial charge in [-0.15, -0.1) is 0 Å². The summed E-state index contributed by atoms with van der Waals surface area (Å²) in [5.74, 6) is 1.85. The van der Waals surface area contributed by atoms with E-state index >= 15 is 0 Å². The fourth-order valence-corrected chi connectivity index (χ4v) is 2.10. The SMILES string of the molecule is CNC(CSC)c1c(OC)cnn1C. The minimum absolute atomic E-state index is 0.285. The van der Waals surface area contributed by atoms with Crippen LogP contribution in [0.2, 0.25) is 0 Å². The van der Waals surface area contributed by atoms with Crippen LogP contribution in [-0.4, -0.2) is 35.9 Å². The summed E-state index contributed by atoms with van der Waals surface area (Å²) in [5.41, 5.74) is 1.10. The molecule has 1 rings (SSSR count). The zero-order valence-corrected chi connectivity index (χ0v) is 9.89. The zero-order chi connectivity index (χ0) is 10.6. The Hall–Kier alpha value is -0.680. The fraction of sp³-hybridized carbons (Fsp3) is 0.667. The quantitative estimate of drug-likeness (QED) is 0.797. The van der Waals surface area contributed by atoms with Crippen LogP contribution in [0.25, 0.3) is 0 Å². The molecule has 1 atom stereocenters. The Labute approximate surface area is 89.0 Å². The second-order valence-corrected chi connectivity index (χ2v) is 3.93. The van der Waals surface area contributed by atoms with Gasteiger partial charge in [-0.25, -0.2) is 0 Å². The van der Waals surface area contributed by atoms with Crippen LogP contribution in [0, 0.1) is 0 Å². The Bertz CT molecular complexity index is 288. The first-order valence-corrected chi connectivity index (χ1v) is 5.86. The standard InChI is InChI=1S/C9H17N3OS/c1-10-7(6-14-4)9-8(13-3)5-11-12(9)2/h5,7,10H,6H2,1-4H3. The van der Waals surface area contributed by atoms with Crippen LogP contribution >= 0.6 is 11.8 Å². The molecule has 0 aliphatic carbocycles. The number of thioether (sulfide) groups is 1. The van der Waals surface area contributed by atoms with Crippen LogP contribution in [0.15, 0.2) is 6.20 Å². The maximum absolute atomic E-state index is 5.26. The van der Waals surface area contributed by atoms with Gasteiger partial charge in [0.1, 0.15) is 0 Å². The van der Waals surface area contributed by atoms with Crippen molar-refractivity contribution in [3.8, 4) is 5.75 Å². The van der Waals surface area contributed by atoms with Crippen molar-refractivity contribution in [1.29, 1.82) is 0 Å². The third-order valence-corrected chi connectivity index (χ3v) is 2.85. The van der Waals surface area contributed by atoms with Crippen LogP contribution in [0.5, 0.6) is 5.75 Å². The number of nitrogens with zero attached hydrogens (tertiary/aromatic N) is 2. The molecule has 80 valence electrons. The van der Waals surface area contributed by atoms with Gasteiger partial charge in [-0.2, -0.15) is 16.9 Å². The van der Waals surface area contributed by atoms with Crippen molar-refractivity contribution in [2.24, 2.45) is 7.05 Å². The van der Waals surface area contributed by atoms with Crippen molar-refractivity contribution in [3.63, 3.8) is 0 Å². The number of nitrogens with one attached hydrogen (secondary N) is 1. The Kier molecular flexibility index (Phi) is 4.28. The van der Waals surface area contributed by atoms with Gasteiger partial charge in [0.2, 0.25) is 0 Å². The highest BCUT2D eigenvalue weighted by molar-refractivity contribution is 7.98. The Morgan fingerprint density at radius 3 is 2.93 bits per heavy atom. The van der Waals surface area contributed by atoms with Crippen molar-refractivity contribution in [2.75, 3.05) is 26.2 Å². The summed E-state index contributed by atoms with van der Waals surface area (Å²) in [5, 5.41) is 7.44. The molecule has 0 spiro atoms. The van der Waals surface area contributed by atoms with Gasteiger partial charge in [-0.3, -0.25) is 4.68 Å². The first-order chi connectivity index (χ1) is 6.74. The summed E-state index contributed by atoms with van der Waals surface area (Å²) in [6.07, 6.45) is 3.84. The number of ether oxygens (including phenoxy) is 1. The molecule has 1 aromatic rings. The number of aryl methyl sites for hydroxylation is 1. The number of rotatable bonds is 5. The predicted octanol–water partition coefficient (Wildman–Crippen LogP) is 1.05. The van der Waals surface area contributed by atoms with Gasteiger partial charge < -0.3 is 10.1 Å².